The summed E-state index contributed by atoms with van der Waals surface area (Å²) in [5.41, 5.74) is 1.42. The zero-order chi connectivity index (χ0) is 14.8. The van der Waals surface area contributed by atoms with Gasteiger partial charge >= 0.3 is 0 Å². The number of carbonyl (C=O) groups excluding carboxylic acids is 2. The van der Waals surface area contributed by atoms with Crippen LogP contribution in [0.3, 0.4) is 0 Å². The van der Waals surface area contributed by atoms with E-state index in [1.807, 2.05) is 13.0 Å². The quantitative estimate of drug-likeness (QED) is 0.914. The maximum atomic E-state index is 12.5. The van der Waals surface area contributed by atoms with Crippen molar-refractivity contribution < 1.29 is 9.59 Å². The molecule has 1 aliphatic heterocycles. The van der Waals surface area contributed by atoms with Crippen LogP contribution in [0.25, 0.3) is 0 Å². The van der Waals surface area contributed by atoms with Gasteiger partial charge in [-0.2, -0.15) is 0 Å². The van der Waals surface area contributed by atoms with Crippen molar-refractivity contribution in [3.63, 3.8) is 0 Å². The Morgan fingerprint density at radius 2 is 2.24 bits per heavy atom. The highest BCUT2D eigenvalue weighted by Crippen LogP contribution is 2.28. The molecule has 6 heteroatoms. The maximum absolute atomic E-state index is 12.5. The van der Waals surface area contributed by atoms with E-state index >= 15 is 0 Å². The van der Waals surface area contributed by atoms with Crippen molar-refractivity contribution in [2.75, 3.05) is 18.2 Å². The first kappa shape index (κ1) is 14.4. The van der Waals surface area contributed by atoms with Gasteiger partial charge in [0.1, 0.15) is 6.04 Å². The van der Waals surface area contributed by atoms with Crippen molar-refractivity contribution in [3.05, 3.63) is 29.6 Å². The van der Waals surface area contributed by atoms with Gasteiger partial charge < -0.3 is 10.2 Å². The molecule has 21 heavy (non-hydrogen) atoms. The van der Waals surface area contributed by atoms with Gasteiger partial charge in [-0.05, 0) is 37.8 Å². The lowest BCUT2D eigenvalue weighted by atomic mass is 10.2. The molecule has 5 nitrogen and oxygen atoms in total. The van der Waals surface area contributed by atoms with Crippen LogP contribution < -0.4 is 5.32 Å². The molecule has 0 bridgehead atoms. The van der Waals surface area contributed by atoms with Crippen LogP contribution in [-0.4, -0.2) is 45.9 Å². The van der Waals surface area contributed by atoms with Crippen molar-refractivity contribution in [3.8, 4) is 0 Å². The van der Waals surface area contributed by atoms with Crippen LogP contribution in [0.5, 0.6) is 0 Å². The summed E-state index contributed by atoms with van der Waals surface area (Å²) in [5.74, 6) is 1.74. The fourth-order valence-corrected chi connectivity index (χ4v) is 3.46. The first-order valence-electron chi connectivity index (χ1n) is 7.24. The molecule has 1 N–H and O–H groups in total. The molecule has 0 spiro atoms. The number of nitrogens with zero attached hydrogens (tertiary/aromatic N) is 2. The van der Waals surface area contributed by atoms with Gasteiger partial charge in [-0.1, -0.05) is 0 Å². The van der Waals surface area contributed by atoms with Crippen molar-refractivity contribution in [2.45, 2.75) is 25.8 Å². The number of nitrogens with one attached hydrogen (secondary N) is 1. The minimum Gasteiger partial charge on any atom is -0.354 e. The summed E-state index contributed by atoms with van der Waals surface area (Å²) in [4.78, 5) is 30.6. The molecular weight excluding hydrogens is 286 g/mol. The number of carbonyl (C=O) groups is 2. The predicted octanol–water partition coefficient (Wildman–Crippen LogP) is 1.43. The van der Waals surface area contributed by atoms with Gasteiger partial charge in [0.25, 0.3) is 5.91 Å². The van der Waals surface area contributed by atoms with Gasteiger partial charge in [-0.3, -0.25) is 14.6 Å². The van der Waals surface area contributed by atoms with Crippen LogP contribution in [0.15, 0.2) is 18.3 Å². The van der Waals surface area contributed by atoms with E-state index in [1.54, 1.807) is 28.9 Å². The van der Waals surface area contributed by atoms with Gasteiger partial charge in [0.2, 0.25) is 5.91 Å². The third-order valence-electron chi connectivity index (χ3n) is 3.87. The second-order valence-corrected chi connectivity index (χ2v) is 6.67. The first-order valence-corrected chi connectivity index (χ1v) is 8.39. The van der Waals surface area contributed by atoms with E-state index in [-0.39, 0.29) is 17.9 Å². The normalized spacial score (nSPS) is 21.4. The summed E-state index contributed by atoms with van der Waals surface area (Å²) < 4.78 is 0. The monoisotopic (exact) mass is 305 g/mol. The highest BCUT2D eigenvalue weighted by molar-refractivity contribution is 7.99. The zero-order valence-corrected chi connectivity index (χ0v) is 12.9. The molecule has 1 aliphatic carbocycles. The standard InChI is InChI=1S/C15H19N3O2S/c1-10-2-5-12(7-16-10)15(20)18-9-21-8-13(18)14(19)17-6-11-3-4-11/h2,5,7,11,13H,3-4,6,8-9H2,1H3,(H,17,19)/t13-/m0/s1. The minimum atomic E-state index is -0.359. The van der Waals surface area contributed by atoms with Gasteiger partial charge in [-0.25, -0.2) is 0 Å². The molecular formula is C15H19N3O2S. The van der Waals surface area contributed by atoms with E-state index in [1.165, 1.54) is 12.8 Å². The number of hydrogen-bond donors (Lipinski definition) is 1. The maximum Gasteiger partial charge on any atom is 0.256 e. The Hall–Kier alpha value is -1.56. The molecule has 1 saturated heterocycles. The largest absolute Gasteiger partial charge is 0.354 e. The van der Waals surface area contributed by atoms with Crippen molar-refractivity contribution >= 4 is 23.6 Å². The lowest BCUT2D eigenvalue weighted by Crippen LogP contribution is -2.47. The summed E-state index contributed by atoms with van der Waals surface area (Å²) in [6, 6.07) is 3.23. The second-order valence-electron chi connectivity index (χ2n) is 5.67. The average molecular weight is 305 g/mol. The summed E-state index contributed by atoms with van der Waals surface area (Å²) in [6.07, 6.45) is 3.99. The summed E-state index contributed by atoms with van der Waals surface area (Å²) in [6.45, 7) is 2.63. The summed E-state index contributed by atoms with van der Waals surface area (Å²) in [5, 5.41) is 2.97. The smallest absolute Gasteiger partial charge is 0.256 e. The third kappa shape index (κ3) is 3.37. The molecule has 1 atom stereocenters. The molecule has 112 valence electrons. The van der Waals surface area contributed by atoms with Gasteiger partial charge in [-0.15, -0.1) is 11.8 Å². The average Bonchev–Trinajstić information content (AvgIpc) is 3.19. The van der Waals surface area contributed by atoms with Gasteiger partial charge in [0.05, 0.1) is 11.4 Å². The molecule has 3 rings (SSSR count). The number of amides is 2. The minimum absolute atomic E-state index is 0.0275. The van der Waals surface area contributed by atoms with Crippen molar-refractivity contribution in [2.24, 2.45) is 5.92 Å². The Morgan fingerprint density at radius 3 is 2.90 bits per heavy atom. The van der Waals surface area contributed by atoms with Crippen LogP contribution in [0.1, 0.15) is 28.9 Å². The number of hydrogen-bond acceptors (Lipinski definition) is 4. The molecule has 2 amide bonds. The lowest BCUT2D eigenvalue weighted by Gasteiger charge is -2.23. The van der Waals surface area contributed by atoms with E-state index in [9.17, 15) is 9.59 Å². The van der Waals surface area contributed by atoms with Crippen molar-refractivity contribution in [1.29, 1.82) is 0 Å². The molecule has 1 aromatic rings. The zero-order valence-electron chi connectivity index (χ0n) is 12.0. The molecule has 1 aromatic heterocycles. The Morgan fingerprint density at radius 1 is 1.43 bits per heavy atom. The molecule has 2 heterocycles. The van der Waals surface area contributed by atoms with E-state index in [0.717, 1.165) is 12.2 Å². The molecule has 2 fully saturated rings. The van der Waals surface area contributed by atoms with Crippen LogP contribution >= 0.6 is 11.8 Å². The number of rotatable bonds is 4. The predicted molar refractivity (Wildman–Crippen MR) is 82.0 cm³/mol. The van der Waals surface area contributed by atoms with E-state index in [0.29, 0.717) is 23.1 Å². The molecule has 0 unspecified atom stereocenters. The van der Waals surface area contributed by atoms with Gasteiger partial charge in [0.15, 0.2) is 0 Å². The van der Waals surface area contributed by atoms with Gasteiger partial charge in [0, 0.05) is 24.2 Å². The topological polar surface area (TPSA) is 62.3 Å². The first-order chi connectivity index (χ1) is 10.1. The van der Waals surface area contributed by atoms with Crippen LogP contribution in [0.4, 0.5) is 0 Å². The molecule has 0 aromatic carbocycles. The molecule has 1 saturated carbocycles. The highest BCUT2D eigenvalue weighted by Gasteiger charge is 2.35. The van der Waals surface area contributed by atoms with Crippen LogP contribution in [0.2, 0.25) is 0 Å². The second kappa shape index (κ2) is 6.05. The van der Waals surface area contributed by atoms with E-state index in [4.69, 9.17) is 0 Å². The van der Waals surface area contributed by atoms with Crippen LogP contribution in [-0.2, 0) is 4.79 Å². The third-order valence-corrected chi connectivity index (χ3v) is 4.88. The SMILES string of the molecule is Cc1ccc(C(=O)N2CSC[C@H]2C(=O)NCC2CC2)cn1. The summed E-state index contributed by atoms with van der Waals surface area (Å²) >= 11 is 1.62. The van der Waals surface area contributed by atoms with Crippen LogP contribution in [0, 0.1) is 12.8 Å². The Balaban J connectivity index is 1.66. The van der Waals surface area contributed by atoms with E-state index in [2.05, 4.69) is 10.3 Å². The number of aryl methyl sites for hydroxylation is 1. The molecule has 2 aliphatic rings. The Labute approximate surface area is 128 Å². The number of aromatic nitrogens is 1. The number of thioether (sulfide) groups is 1. The summed E-state index contributed by atoms with van der Waals surface area (Å²) in [7, 11) is 0. The lowest BCUT2D eigenvalue weighted by molar-refractivity contribution is -0.124. The van der Waals surface area contributed by atoms with Crippen molar-refractivity contribution in [1.82, 2.24) is 15.2 Å². The highest BCUT2D eigenvalue weighted by atomic mass is 32.2. The number of pyridine rings is 1. The Bertz CT molecular complexity index is 542. The fraction of sp³-hybridized carbons (Fsp3) is 0.533. The molecule has 0 radical (unpaired) electrons. The fourth-order valence-electron chi connectivity index (χ4n) is 2.30. The van der Waals surface area contributed by atoms with E-state index < -0.39 is 0 Å². The Kier molecular flexibility index (Phi) is 4.14.